The Labute approximate surface area is 143 Å². The Hall–Kier alpha value is -1.40. The predicted molar refractivity (Wildman–Crippen MR) is 90.8 cm³/mol. The number of ether oxygens (including phenoxy) is 1. The van der Waals surface area contributed by atoms with E-state index in [1.807, 2.05) is 24.2 Å². The Morgan fingerprint density at radius 3 is 3.00 bits per heavy atom. The first-order valence-corrected chi connectivity index (χ1v) is 9.23. The van der Waals surface area contributed by atoms with Crippen LogP contribution in [0.4, 0.5) is 0 Å². The minimum Gasteiger partial charge on any atom is -0.379 e. The first-order chi connectivity index (χ1) is 11.6. The third-order valence-electron chi connectivity index (χ3n) is 5.61. The third-order valence-corrected chi connectivity index (χ3v) is 5.61. The van der Waals surface area contributed by atoms with Gasteiger partial charge >= 0.3 is 0 Å². The average Bonchev–Trinajstić information content (AvgIpc) is 3.32. The van der Waals surface area contributed by atoms with Gasteiger partial charge in [-0.25, -0.2) is 0 Å². The Kier molecular flexibility index (Phi) is 4.35. The van der Waals surface area contributed by atoms with Crippen LogP contribution in [0.25, 0.3) is 0 Å². The fraction of sp³-hybridized carbons (Fsp3) is 0.778. The quantitative estimate of drug-likeness (QED) is 0.839. The summed E-state index contributed by atoms with van der Waals surface area (Å²) in [6, 6.07) is 1.81. The van der Waals surface area contributed by atoms with Gasteiger partial charge in [0.2, 0.25) is 0 Å². The summed E-state index contributed by atoms with van der Waals surface area (Å²) in [5.74, 6) is 0.961. The van der Waals surface area contributed by atoms with Crippen molar-refractivity contribution in [2.45, 2.75) is 25.7 Å². The van der Waals surface area contributed by atoms with Crippen molar-refractivity contribution in [1.82, 2.24) is 19.6 Å². The van der Waals surface area contributed by atoms with Gasteiger partial charge in [-0.3, -0.25) is 9.48 Å². The monoisotopic (exact) mass is 332 g/mol. The second-order valence-electron chi connectivity index (χ2n) is 7.94. The van der Waals surface area contributed by atoms with Crippen LogP contribution in [-0.4, -0.2) is 71.4 Å². The second-order valence-corrected chi connectivity index (χ2v) is 7.94. The van der Waals surface area contributed by atoms with Gasteiger partial charge in [0, 0.05) is 51.4 Å². The molecule has 1 atom stereocenters. The van der Waals surface area contributed by atoms with Gasteiger partial charge < -0.3 is 14.5 Å². The van der Waals surface area contributed by atoms with Gasteiger partial charge in [0.1, 0.15) is 5.69 Å². The Morgan fingerprint density at radius 1 is 1.38 bits per heavy atom. The first kappa shape index (κ1) is 16.1. The Morgan fingerprint density at radius 2 is 2.25 bits per heavy atom. The van der Waals surface area contributed by atoms with E-state index in [9.17, 15) is 4.79 Å². The summed E-state index contributed by atoms with van der Waals surface area (Å²) >= 11 is 0. The fourth-order valence-electron chi connectivity index (χ4n) is 4.22. The lowest BCUT2D eigenvalue weighted by atomic mass is 9.80. The number of carbonyl (C=O) groups excluding carboxylic acids is 1. The lowest BCUT2D eigenvalue weighted by Crippen LogP contribution is -2.52. The molecule has 2 aliphatic heterocycles. The molecule has 6 heteroatoms. The molecule has 1 spiro atoms. The maximum Gasteiger partial charge on any atom is 0.274 e. The molecule has 0 aromatic carbocycles. The van der Waals surface area contributed by atoms with E-state index in [1.165, 1.54) is 19.4 Å². The van der Waals surface area contributed by atoms with Crippen molar-refractivity contribution < 1.29 is 9.53 Å². The van der Waals surface area contributed by atoms with Crippen molar-refractivity contribution >= 4 is 5.91 Å². The highest BCUT2D eigenvalue weighted by Crippen LogP contribution is 2.36. The number of hydrogen-bond acceptors (Lipinski definition) is 4. The molecule has 1 saturated carbocycles. The van der Waals surface area contributed by atoms with E-state index in [2.05, 4.69) is 10.00 Å². The predicted octanol–water partition coefficient (Wildman–Crippen LogP) is 1.38. The summed E-state index contributed by atoms with van der Waals surface area (Å²) in [4.78, 5) is 17.4. The van der Waals surface area contributed by atoms with Gasteiger partial charge in [-0.2, -0.15) is 5.10 Å². The van der Waals surface area contributed by atoms with E-state index < -0.39 is 0 Å². The topological polar surface area (TPSA) is 50.6 Å². The summed E-state index contributed by atoms with van der Waals surface area (Å²) in [7, 11) is 1.85. The van der Waals surface area contributed by atoms with E-state index in [0.717, 1.165) is 58.2 Å². The minimum atomic E-state index is 0.0627. The number of aryl methyl sites for hydroxylation is 1. The van der Waals surface area contributed by atoms with E-state index in [0.29, 0.717) is 5.69 Å². The molecule has 6 nitrogen and oxygen atoms in total. The highest BCUT2D eigenvalue weighted by atomic mass is 16.5. The van der Waals surface area contributed by atoms with Crippen LogP contribution in [0.2, 0.25) is 0 Å². The summed E-state index contributed by atoms with van der Waals surface area (Å²) in [6.07, 6.45) is 6.81. The van der Waals surface area contributed by atoms with Crippen LogP contribution < -0.4 is 0 Å². The molecule has 3 aliphatic rings. The van der Waals surface area contributed by atoms with Crippen LogP contribution in [0.1, 0.15) is 36.2 Å². The standard InChI is InChI=1S/C18H28N4O2/c1-20-8-5-16(19-20)17(23)22-7-2-6-18(13-22)12-21(9-10-24-14-18)11-15-3-4-15/h5,8,15H,2-4,6-7,9-14H2,1H3. The lowest BCUT2D eigenvalue weighted by Gasteiger charge is -2.43. The summed E-state index contributed by atoms with van der Waals surface area (Å²) in [6.45, 7) is 6.54. The summed E-state index contributed by atoms with van der Waals surface area (Å²) in [5.41, 5.74) is 0.646. The molecular formula is C18H28N4O2. The molecule has 4 rings (SSSR count). The SMILES string of the molecule is Cn1ccc(C(=O)N2CCCC3(COCCN(CC4CC4)C3)C2)n1. The van der Waals surface area contributed by atoms with E-state index >= 15 is 0 Å². The molecule has 0 bridgehead atoms. The lowest BCUT2D eigenvalue weighted by molar-refractivity contribution is 0.00691. The highest BCUT2D eigenvalue weighted by molar-refractivity contribution is 5.92. The Balaban J connectivity index is 1.46. The molecule has 1 aromatic rings. The van der Waals surface area contributed by atoms with Crippen molar-refractivity contribution in [3.8, 4) is 0 Å². The normalized spacial score (nSPS) is 29.0. The van der Waals surface area contributed by atoms with Gasteiger partial charge in [-0.15, -0.1) is 0 Å². The molecule has 1 aliphatic carbocycles. The van der Waals surface area contributed by atoms with Crippen LogP contribution in [0, 0.1) is 11.3 Å². The number of aromatic nitrogens is 2. The maximum atomic E-state index is 12.8. The molecule has 2 saturated heterocycles. The van der Waals surface area contributed by atoms with E-state index in [4.69, 9.17) is 4.74 Å². The van der Waals surface area contributed by atoms with Gasteiger partial charge in [0.05, 0.1) is 13.2 Å². The van der Waals surface area contributed by atoms with Crippen LogP contribution in [0.3, 0.4) is 0 Å². The molecule has 3 fully saturated rings. The van der Waals surface area contributed by atoms with Crippen molar-refractivity contribution in [1.29, 1.82) is 0 Å². The molecule has 1 aromatic heterocycles. The number of rotatable bonds is 3. The number of nitrogens with zero attached hydrogens (tertiary/aromatic N) is 4. The van der Waals surface area contributed by atoms with Crippen LogP contribution in [0.5, 0.6) is 0 Å². The molecular weight excluding hydrogens is 304 g/mol. The minimum absolute atomic E-state index is 0.0627. The van der Waals surface area contributed by atoms with Crippen molar-refractivity contribution in [3.05, 3.63) is 18.0 Å². The number of amides is 1. The van der Waals surface area contributed by atoms with Crippen molar-refractivity contribution in [2.75, 3.05) is 45.9 Å². The second kappa shape index (κ2) is 6.48. The largest absolute Gasteiger partial charge is 0.379 e. The van der Waals surface area contributed by atoms with Crippen LogP contribution in [0.15, 0.2) is 12.3 Å². The van der Waals surface area contributed by atoms with E-state index in [-0.39, 0.29) is 11.3 Å². The fourth-order valence-corrected chi connectivity index (χ4v) is 4.22. The van der Waals surface area contributed by atoms with Gasteiger partial charge in [0.25, 0.3) is 5.91 Å². The zero-order chi connectivity index (χ0) is 16.6. The molecule has 3 heterocycles. The number of hydrogen-bond donors (Lipinski definition) is 0. The van der Waals surface area contributed by atoms with Crippen molar-refractivity contribution in [2.24, 2.45) is 18.4 Å². The number of piperidine rings is 1. The third kappa shape index (κ3) is 3.49. The number of carbonyl (C=O) groups is 1. The number of likely N-dealkylation sites (tertiary alicyclic amines) is 1. The molecule has 132 valence electrons. The van der Waals surface area contributed by atoms with Crippen LogP contribution >= 0.6 is 0 Å². The van der Waals surface area contributed by atoms with Crippen LogP contribution in [-0.2, 0) is 11.8 Å². The molecule has 1 amide bonds. The van der Waals surface area contributed by atoms with Gasteiger partial charge in [0.15, 0.2) is 0 Å². The first-order valence-electron chi connectivity index (χ1n) is 9.23. The highest BCUT2D eigenvalue weighted by Gasteiger charge is 2.41. The molecule has 0 N–H and O–H groups in total. The molecule has 24 heavy (non-hydrogen) atoms. The van der Waals surface area contributed by atoms with Gasteiger partial charge in [-0.1, -0.05) is 0 Å². The summed E-state index contributed by atoms with van der Waals surface area (Å²) < 4.78 is 7.65. The summed E-state index contributed by atoms with van der Waals surface area (Å²) in [5, 5.41) is 4.28. The van der Waals surface area contributed by atoms with E-state index in [1.54, 1.807) is 4.68 Å². The zero-order valence-corrected chi connectivity index (χ0v) is 14.6. The zero-order valence-electron chi connectivity index (χ0n) is 14.6. The molecule has 0 radical (unpaired) electrons. The average molecular weight is 332 g/mol. The van der Waals surface area contributed by atoms with Crippen molar-refractivity contribution in [3.63, 3.8) is 0 Å². The molecule has 1 unspecified atom stereocenters. The maximum absolute atomic E-state index is 12.8. The van der Waals surface area contributed by atoms with Gasteiger partial charge in [-0.05, 0) is 37.7 Å². The Bertz CT molecular complexity index is 598. The smallest absolute Gasteiger partial charge is 0.274 e.